The topological polar surface area (TPSA) is 80.5 Å². The van der Waals surface area contributed by atoms with Crippen molar-refractivity contribution >= 4 is 40.2 Å². The molecule has 1 saturated heterocycles. The van der Waals surface area contributed by atoms with Crippen LogP contribution in [0.4, 0.5) is 10.5 Å². The number of benzene rings is 1. The minimum Gasteiger partial charge on any atom is -0.273 e. The van der Waals surface area contributed by atoms with Crippen LogP contribution in [0.3, 0.4) is 0 Å². The molecule has 94 valence electrons. The zero-order valence-corrected chi connectivity index (χ0v) is 10.5. The number of amides is 2. The molecule has 1 fully saturated rings. The highest BCUT2D eigenvalue weighted by Crippen LogP contribution is 2.27. The van der Waals surface area contributed by atoms with Gasteiger partial charge in [-0.1, -0.05) is 23.4 Å². The van der Waals surface area contributed by atoms with Crippen molar-refractivity contribution in [2.24, 2.45) is 0 Å². The van der Waals surface area contributed by atoms with Crippen molar-refractivity contribution in [3.63, 3.8) is 0 Å². The molecule has 0 N–H and O–H groups in total. The lowest BCUT2D eigenvalue weighted by atomic mass is 10.2. The van der Waals surface area contributed by atoms with Crippen LogP contribution >= 0.6 is 23.4 Å². The average molecular weight is 287 g/mol. The maximum atomic E-state index is 11.4. The van der Waals surface area contributed by atoms with Gasteiger partial charge >= 0.3 is 0 Å². The molecule has 1 aliphatic heterocycles. The number of carbonyl (C=O) groups excluding carboxylic acids is 2. The van der Waals surface area contributed by atoms with Gasteiger partial charge in [0.1, 0.15) is 0 Å². The monoisotopic (exact) mass is 286 g/mol. The summed E-state index contributed by atoms with van der Waals surface area (Å²) in [5, 5.41) is 10.6. The van der Waals surface area contributed by atoms with Gasteiger partial charge in [-0.3, -0.25) is 24.6 Å². The SMILES string of the molecule is O=C1CSC(=O)N1Cc1cc([N+](=O)[O-])ccc1Cl. The first kappa shape index (κ1) is 12.8. The molecule has 0 spiro atoms. The Hall–Kier alpha value is -1.60. The first-order chi connectivity index (χ1) is 8.49. The highest BCUT2D eigenvalue weighted by Gasteiger charge is 2.30. The molecule has 0 aromatic heterocycles. The first-order valence-electron chi connectivity index (χ1n) is 4.89. The second kappa shape index (κ2) is 4.95. The van der Waals surface area contributed by atoms with Crippen molar-refractivity contribution in [2.75, 3.05) is 5.75 Å². The molecule has 0 saturated carbocycles. The summed E-state index contributed by atoms with van der Waals surface area (Å²) in [6, 6.07) is 3.92. The van der Waals surface area contributed by atoms with Gasteiger partial charge in [0.2, 0.25) is 5.91 Å². The van der Waals surface area contributed by atoms with Crippen LogP contribution < -0.4 is 0 Å². The summed E-state index contributed by atoms with van der Waals surface area (Å²) < 4.78 is 0. The maximum absolute atomic E-state index is 11.4. The Morgan fingerprint density at radius 3 is 2.72 bits per heavy atom. The molecule has 1 heterocycles. The summed E-state index contributed by atoms with van der Waals surface area (Å²) in [6.07, 6.45) is 0. The van der Waals surface area contributed by atoms with Crippen molar-refractivity contribution < 1.29 is 14.5 Å². The zero-order chi connectivity index (χ0) is 13.3. The van der Waals surface area contributed by atoms with Gasteiger partial charge in [-0.2, -0.15) is 0 Å². The first-order valence-corrected chi connectivity index (χ1v) is 6.25. The molecule has 18 heavy (non-hydrogen) atoms. The quantitative estimate of drug-likeness (QED) is 0.630. The van der Waals surface area contributed by atoms with Crippen molar-refractivity contribution in [3.05, 3.63) is 38.9 Å². The van der Waals surface area contributed by atoms with Crippen LogP contribution in [0, 0.1) is 10.1 Å². The number of nitro groups is 1. The largest absolute Gasteiger partial charge is 0.289 e. The molecule has 1 aromatic carbocycles. The van der Waals surface area contributed by atoms with Crippen LogP contribution in [-0.4, -0.2) is 26.7 Å². The number of imide groups is 1. The number of hydrogen-bond donors (Lipinski definition) is 0. The Kier molecular flexibility index (Phi) is 3.53. The molecule has 8 heteroatoms. The fourth-order valence-corrected chi connectivity index (χ4v) is 2.40. The second-order valence-electron chi connectivity index (χ2n) is 3.57. The third-order valence-corrected chi connectivity index (χ3v) is 3.64. The molecular weight excluding hydrogens is 280 g/mol. The molecule has 2 rings (SSSR count). The third kappa shape index (κ3) is 2.46. The standard InChI is InChI=1S/C10H7ClN2O4S/c11-8-2-1-7(13(16)17)3-6(8)4-12-9(14)5-18-10(12)15/h1-3H,4-5H2. The normalized spacial score (nSPS) is 15.3. The van der Waals surface area contributed by atoms with E-state index in [-0.39, 0.29) is 34.2 Å². The van der Waals surface area contributed by atoms with Gasteiger partial charge in [0.25, 0.3) is 10.9 Å². The van der Waals surface area contributed by atoms with Crippen LogP contribution in [0.25, 0.3) is 0 Å². The number of thioether (sulfide) groups is 1. The number of nitrogens with zero attached hydrogens (tertiary/aromatic N) is 2. The number of rotatable bonds is 3. The number of hydrogen-bond acceptors (Lipinski definition) is 5. The zero-order valence-electron chi connectivity index (χ0n) is 8.96. The van der Waals surface area contributed by atoms with Crippen molar-refractivity contribution in [1.82, 2.24) is 4.90 Å². The van der Waals surface area contributed by atoms with E-state index in [0.29, 0.717) is 5.56 Å². The minimum absolute atomic E-state index is 0.0365. The van der Waals surface area contributed by atoms with E-state index in [1.807, 2.05) is 0 Å². The molecular formula is C10H7ClN2O4S. The third-order valence-electron chi connectivity index (χ3n) is 2.41. The predicted octanol–water partition coefficient (Wildman–Crippen LogP) is 2.44. The number of carbonyl (C=O) groups is 2. The molecule has 6 nitrogen and oxygen atoms in total. The summed E-state index contributed by atoms with van der Waals surface area (Å²) in [7, 11) is 0. The van der Waals surface area contributed by atoms with E-state index >= 15 is 0 Å². The Morgan fingerprint density at radius 1 is 1.44 bits per heavy atom. The minimum atomic E-state index is -0.553. The summed E-state index contributed by atoms with van der Waals surface area (Å²) in [6.45, 7) is -0.0365. The fourth-order valence-electron chi connectivity index (χ4n) is 1.50. The van der Waals surface area contributed by atoms with Gasteiger partial charge < -0.3 is 0 Å². The smallest absolute Gasteiger partial charge is 0.273 e. The Morgan fingerprint density at radius 2 is 2.17 bits per heavy atom. The van der Waals surface area contributed by atoms with E-state index < -0.39 is 4.92 Å². The van der Waals surface area contributed by atoms with Gasteiger partial charge in [-0.25, -0.2) is 0 Å². The van der Waals surface area contributed by atoms with Crippen LogP contribution in [0.1, 0.15) is 5.56 Å². The van der Waals surface area contributed by atoms with Gasteiger partial charge in [0, 0.05) is 17.2 Å². The molecule has 0 unspecified atom stereocenters. The highest BCUT2D eigenvalue weighted by molar-refractivity contribution is 8.14. The van der Waals surface area contributed by atoms with Gasteiger partial charge in [-0.05, 0) is 11.6 Å². The Balaban J connectivity index is 2.28. The van der Waals surface area contributed by atoms with Crippen LogP contribution in [0.15, 0.2) is 18.2 Å². The van der Waals surface area contributed by atoms with E-state index in [4.69, 9.17) is 11.6 Å². The van der Waals surface area contributed by atoms with E-state index in [1.165, 1.54) is 18.2 Å². The van der Waals surface area contributed by atoms with E-state index in [0.717, 1.165) is 16.7 Å². The molecule has 1 aliphatic rings. The fraction of sp³-hybridized carbons (Fsp3) is 0.200. The Bertz CT molecular complexity index is 533. The van der Waals surface area contributed by atoms with E-state index in [2.05, 4.69) is 0 Å². The van der Waals surface area contributed by atoms with Gasteiger partial charge in [0.15, 0.2) is 0 Å². The number of non-ortho nitro benzene ring substituents is 1. The lowest BCUT2D eigenvalue weighted by Crippen LogP contribution is -2.28. The number of nitro benzene ring substituents is 1. The Labute approximate surface area is 111 Å². The van der Waals surface area contributed by atoms with E-state index in [1.54, 1.807) is 0 Å². The molecule has 1 aromatic rings. The molecule has 2 amide bonds. The van der Waals surface area contributed by atoms with Crippen LogP contribution in [0.5, 0.6) is 0 Å². The lowest BCUT2D eigenvalue weighted by molar-refractivity contribution is -0.384. The van der Waals surface area contributed by atoms with Crippen molar-refractivity contribution in [2.45, 2.75) is 6.54 Å². The molecule has 0 radical (unpaired) electrons. The average Bonchev–Trinajstić information content (AvgIpc) is 2.63. The van der Waals surface area contributed by atoms with Crippen LogP contribution in [-0.2, 0) is 11.3 Å². The van der Waals surface area contributed by atoms with Gasteiger partial charge in [0.05, 0.1) is 17.2 Å². The summed E-state index contributed by atoms with van der Waals surface area (Å²) in [5.41, 5.74) is 0.260. The lowest BCUT2D eigenvalue weighted by Gasteiger charge is -2.13. The number of halogens is 1. The van der Waals surface area contributed by atoms with Crippen molar-refractivity contribution in [3.8, 4) is 0 Å². The van der Waals surface area contributed by atoms with Crippen LogP contribution in [0.2, 0.25) is 5.02 Å². The van der Waals surface area contributed by atoms with Gasteiger partial charge in [-0.15, -0.1) is 0 Å². The predicted molar refractivity (Wildman–Crippen MR) is 66.5 cm³/mol. The summed E-state index contributed by atoms with van der Waals surface area (Å²) in [5.74, 6) is -0.210. The van der Waals surface area contributed by atoms with Crippen molar-refractivity contribution in [1.29, 1.82) is 0 Å². The highest BCUT2D eigenvalue weighted by atomic mass is 35.5. The second-order valence-corrected chi connectivity index (χ2v) is 4.90. The summed E-state index contributed by atoms with van der Waals surface area (Å²) in [4.78, 5) is 34.0. The maximum Gasteiger partial charge on any atom is 0.289 e. The molecule has 0 aliphatic carbocycles. The van der Waals surface area contributed by atoms with E-state index in [9.17, 15) is 19.7 Å². The molecule has 0 atom stereocenters. The summed E-state index contributed by atoms with van der Waals surface area (Å²) >= 11 is 6.81. The molecule has 0 bridgehead atoms.